The molecule has 0 N–H and O–H groups in total. The van der Waals surface area contributed by atoms with Crippen LogP contribution in [0.4, 0.5) is 0 Å². The van der Waals surface area contributed by atoms with Crippen LogP contribution < -0.4 is 0 Å². The van der Waals surface area contributed by atoms with E-state index in [0.29, 0.717) is 0 Å². The summed E-state index contributed by atoms with van der Waals surface area (Å²) in [5.74, 6) is 0.0485. The molecule has 1 aliphatic carbocycles. The first-order chi connectivity index (χ1) is 12.7. The van der Waals surface area contributed by atoms with Gasteiger partial charge in [-0.15, -0.1) is 0 Å². The van der Waals surface area contributed by atoms with Crippen molar-refractivity contribution in [2.45, 2.75) is 25.7 Å². The second-order valence-corrected chi connectivity index (χ2v) is 7.86. The van der Waals surface area contributed by atoms with Gasteiger partial charge in [0.1, 0.15) is 0 Å². The van der Waals surface area contributed by atoms with Crippen molar-refractivity contribution >= 4 is 27.3 Å². The van der Waals surface area contributed by atoms with E-state index < -0.39 is 0 Å². The molecule has 1 heterocycles. The van der Waals surface area contributed by atoms with Gasteiger partial charge in [-0.1, -0.05) is 40.2 Å². The summed E-state index contributed by atoms with van der Waals surface area (Å²) in [7, 11) is 0. The molecule has 0 unspecified atom stereocenters. The van der Waals surface area contributed by atoms with E-state index >= 15 is 0 Å². The van der Waals surface area contributed by atoms with Crippen LogP contribution in [0.1, 0.15) is 40.7 Å². The van der Waals surface area contributed by atoms with E-state index in [9.17, 15) is 4.79 Å². The van der Waals surface area contributed by atoms with Crippen LogP contribution in [-0.4, -0.2) is 23.8 Å². The highest BCUT2D eigenvalue weighted by Gasteiger charge is 2.24. The Hall–Kier alpha value is -2.13. The van der Waals surface area contributed by atoms with Crippen molar-refractivity contribution in [1.82, 2.24) is 4.90 Å². The number of carbonyl (C=O) groups excluding carboxylic acids is 1. The third kappa shape index (κ3) is 3.54. The Kier molecular flexibility index (Phi) is 5.07. The van der Waals surface area contributed by atoms with Crippen LogP contribution >= 0.6 is 15.9 Å². The molecule has 0 bridgehead atoms. The van der Waals surface area contributed by atoms with Gasteiger partial charge in [0.05, 0.1) is 0 Å². The van der Waals surface area contributed by atoms with E-state index in [4.69, 9.17) is 0 Å². The van der Waals surface area contributed by atoms with E-state index in [1.165, 1.54) is 41.7 Å². The smallest absolute Gasteiger partial charge is 0.185 e. The van der Waals surface area contributed by atoms with Gasteiger partial charge >= 0.3 is 0 Å². The maximum atomic E-state index is 12.6. The average Bonchev–Trinajstić information content (AvgIpc) is 3.06. The predicted octanol–water partition coefficient (Wildman–Crippen LogP) is 5.64. The zero-order chi connectivity index (χ0) is 17.9. The molecule has 0 amide bonds. The van der Waals surface area contributed by atoms with Gasteiger partial charge in [-0.05, 0) is 66.8 Å². The van der Waals surface area contributed by atoms with E-state index in [2.05, 4.69) is 45.1 Å². The van der Waals surface area contributed by atoms with Gasteiger partial charge in [-0.2, -0.15) is 0 Å². The van der Waals surface area contributed by atoms with Gasteiger partial charge in [0.25, 0.3) is 0 Å². The Balaban J connectivity index is 1.65. The van der Waals surface area contributed by atoms with Crippen molar-refractivity contribution in [3.63, 3.8) is 0 Å². The molecule has 132 valence electrons. The Morgan fingerprint density at radius 3 is 2.46 bits per heavy atom. The molecule has 0 atom stereocenters. The first kappa shape index (κ1) is 17.3. The summed E-state index contributed by atoms with van der Waals surface area (Å²) in [6.45, 7) is 2.25. The molecular formula is C23H22BrNO. The van der Waals surface area contributed by atoms with Crippen LogP contribution in [0.15, 0.2) is 70.9 Å². The topological polar surface area (TPSA) is 20.3 Å². The fraction of sp³-hybridized carbons (Fsp3) is 0.261. The summed E-state index contributed by atoms with van der Waals surface area (Å²) in [6.07, 6.45) is 8.57. The number of ketones is 1. The standard InChI is InChI=1S/C23H22BrNO/c24-19-10-8-17(9-11-19)23(26)13-12-21-20-7-3-2-6-18(20)16-22(21)25-14-4-1-5-15-25/h2-3,6-13H,1,4-5,14-16H2. The largest absolute Gasteiger partial charge is 0.374 e. The SMILES string of the molecule is O=C(C=CC1=C(N2CCCCC2)Cc2ccccc21)c1ccc(Br)cc1. The molecule has 1 saturated heterocycles. The lowest BCUT2D eigenvalue weighted by atomic mass is 10.0. The second-order valence-electron chi connectivity index (χ2n) is 6.95. The van der Waals surface area contributed by atoms with Crippen molar-refractivity contribution in [1.29, 1.82) is 0 Å². The molecular weight excluding hydrogens is 386 g/mol. The fourth-order valence-electron chi connectivity index (χ4n) is 3.87. The summed E-state index contributed by atoms with van der Waals surface area (Å²) in [5.41, 5.74) is 5.95. The van der Waals surface area contributed by atoms with Crippen LogP contribution in [-0.2, 0) is 6.42 Å². The summed E-state index contributed by atoms with van der Waals surface area (Å²) in [4.78, 5) is 15.1. The molecule has 2 aromatic carbocycles. The fourth-order valence-corrected chi connectivity index (χ4v) is 4.13. The minimum absolute atomic E-state index is 0.0485. The number of likely N-dealkylation sites (tertiary alicyclic amines) is 1. The summed E-state index contributed by atoms with van der Waals surface area (Å²) in [5, 5.41) is 0. The van der Waals surface area contributed by atoms with Crippen LogP contribution in [0.2, 0.25) is 0 Å². The van der Waals surface area contributed by atoms with Crippen molar-refractivity contribution in [2.24, 2.45) is 0 Å². The third-order valence-corrected chi connectivity index (χ3v) is 5.77. The first-order valence-corrected chi connectivity index (χ1v) is 10.1. The number of rotatable bonds is 4. The van der Waals surface area contributed by atoms with Crippen molar-refractivity contribution < 1.29 is 4.79 Å². The zero-order valence-electron chi connectivity index (χ0n) is 14.7. The quantitative estimate of drug-likeness (QED) is 0.482. The van der Waals surface area contributed by atoms with E-state index in [1.807, 2.05) is 30.3 Å². The van der Waals surface area contributed by atoms with Gasteiger partial charge in [-0.25, -0.2) is 0 Å². The molecule has 1 fully saturated rings. The molecule has 0 aromatic heterocycles. The minimum atomic E-state index is 0.0485. The lowest BCUT2D eigenvalue weighted by Gasteiger charge is -2.30. The van der Waals surface area contributed by atoms with E-state index in [-0.39, 0.29) is 5.78 Å². The number of piperidine rings is 1. The average molecular weight is 408 g/mol. The van der Waals surface area contributed by atoms with Gasteiger partial charge in [0.15, 0.2) is 5.78 Å². The van der Waals surface area contributed by atoms with Crippen molar-refractivity contribution in [3.8, 4) is 0 Å². The van der Waals surface area contributed by atoms with E-state index in [0.717, 1.165) is 29.5 Å². The molecule has 26 heavy (non-hydrogen) atoms. The van der Waals surface area contributed by atoms with Crippen LogP contribution in [0.3, 0.4) is 0 Å². The lowest BCUT2D eigenvalue weighted by molar-refractivity contribution is 0.104. The van der Waals surface area contributed by atoms with Gasteiger partial charge in [0.2, 0.25) is 0 Å². The number of hydrogen-bond donors (Lipinski definition) is 0. The highest BCUT2D eigenvalue weighted by Crippen LogP contribution is 2.36. The number of benzene rings is 2. The summed E-state index contributed by atoms with van der Waals surface area (Å²) < 4.78 is 0.984. The molecule has 0 radical (unpaired) electrons. The number of halogens is 1. The monoisotopic (exact) mass is 407 g/mol. The molecule has 2 nitrogen and oxygen atoms in total. The van der Waals surface area contributed by atoms with Gasteiger partial charge in [-0.3, -0.25) is 4.79 Å². The predicted molar refractivity (Wildman–Crippen MR) is 110 cm³/mol. The highest BCUT2D eigenvalue weighted by molar-refractivity contribution is 9.10. The number of carbonyl (C=O) groups is 1. The molecule has 0 saturated carbocycles. The summed E-state index contributed by atoms with van der Waals surface area (Å²) in [6, 6.07) is 16.1. The number of fused-ring (bicyclic) bond motifs is 1. The van der Waals surface area contributed by atoms with Crippen molar-refractivity contribution in [2.75, 3.05) is 13.1 Å². The van der Waals surface area contributed by atoms with Gasteiger partial charge in [0, 0.05) is 40.8 Å². The Bertz CT molecular complexity index is 873. The lowest BCUT2D eigenvalue weighted by Crippen LogP contribution is -2.29. The van der Waals surface area contributed by atoms with Crippen molar-refractivity contribution in [3.05, 3.63) is 87.5 Å². The molecule has 3 heteroatoms. The second kappa shape index (κ2) is 7.63. The first-order valence-electron chi connectivity index (χ1n) is 9.27. The molecule has 0 spiro atoms. The van der Waals surface area contributed by atoms with Crippen LogP contribution in [0, 0.1) is 0 Å². The molecule has 2 aromatic rings. The van der Waals surface area contributed by atoms with Crippen LogP contribution in [0.25, 0.3) is 5.57 Å². The maximum Gasteiger partial charge on any atom is 0.185 e. The number of allylic oxidation sites excluding steroid dienone is 4. The zero-order valence-corrected chi connectivity index (χ0v) is 16.3. The number of hydrogen-bond acceptors (Lipinski definition) is 2. The normalized spacial score (nSPS) is 17.0. The Morgan fingerprint density at radius 1 is 0.962 bits per heavy atom. The van der Waals surface area contributed by atoms with Gasteiger partial charge < -0.3 is 4.90 Å². The van der Waals surface area contributed by atoms with Crippen LogP contribution in [0.5, 0.6) is 0 Å². The molecule has 1 aliphatic heterocycles. The summed E-state index contributed by atoms with van der Waals surface area (Å²) >= 11 is 3.42. The maximum absolute atomic E-state index is 12.6. The third-order valence-electron chi connectivity index (χ3n) is 5.24. The van der Waals surface area contributed by atoms with E-state index in [1.54, 1.807) is 6.08 Å². The minimum Gasteiger partial charge on any atom is -0.374 e. The highest BCUT2D eigenvalue weighted by atomic mass is 79.9. The Labute approximate surface area is 163 Å². The number of nitrogens with zero attached hydrogens (tertiary/aromatic N) is 1. The molecule has 4 rings (SSSR count). The molecule has 2 aliphatic rings. The Morgan fingerprint density at radius 2 is 1.69 bits per heavy atom.